The lowest BCUT2D eigenvalue weighted by atomic mass is 9.67. The van der Waals surface area contributed by atoms with E-state index in [1.165, 1.54) is 93.9 Å². The molecule has 0 spiro atoms. The fourth-order valence-corrected chi connectivity index (χ4v) is 6.68. The number of hydrogen-bond acceptors (Lipinski definition) is 3. The summed E-state index contributed by atoms with van der Waals surface area (Å²) in [6.07, 6.45) is 17.1. The number of unbranched alkanes of at least 4 members (excludes halogenated alkanes) is 2. The average Bonchev–Trinajstić information content (AvgIpc) is 2.84. The van der Waals surface area contributed by atoms with Gasteiger partial charge in [-0.05, 0) is 109 Å². The van der Waals surface area contributed by atoms with Gasteiger partial charge in [0.05, 0.1) is 0 Å². The molecule has 3 heteroatoms. The minimum absolute atomic E-state index is 0.646. The summed E-state index contributed by atoms with van der Waals surface area (Å²) in [6.45, 7) is 2.32. The molecule has 0 heterocycles. The Morgan fingerprint density at radius 3 is 2.00 bits per heavy atom. The maximum absolute atomic E-state index is 6.07. The van der Waals surface area contributed by atoms with Crippen LogP contribution in [0.3, 0.4) is 0 Å². The van der Waals surface area contributed by atoms with Crippen molar-refractivity contribution in [1.29, 1.82) is 0 Å². The van der Waals surface area contributed by atoms with Crippen LogP contribution in [0.1, 0.15) is 95.5 Å². The molecular formula is C30H45N3. The molecule has 0 amide bonds. The SMILES string of the molecule is CCCCCC1CCC(C2CCC(c3cc(-c4cc(N)cc(N)c4)ccc3NC)CC2)CC1. The summed E-state index contributed by atoms with van der Waals surface area (Å²) in [5, 5.41) is 3.45. The highest BCUT2D eigenvalue weighted by molar-refractivity contribution is 5.75. The van der Waals surface area contributed by atoms with Gasteiger partial charge in [-0.25, -0.2) is 0 Å². The van der Waals surface area contributed by atoms with Gasteiger partial charge in [-0.2, -0.15) is 0 Å². The van der Waals surface area contributed by atoms with Crippen molar-refractivity contribution in [2.75, 3.05) is 23.8 Å². The molecule has 2 saturated carbocycles. The van der Waals surface area contributed by atoms with E-state index in [1.54, 1.807) is 0 Å². The van der Waals surface area contributed by atoms with Gasteiger partial charge < -0.3 is 16.8 Å². The van der Waals surface area contributed by atoms with E-state index in [4.69, 9.17) is 11.5 Å². The molecule has 2 fully saturated rings. The van der Waals surface area contributed by atoms with Gasteiger partial charge in [0.25, 0.3) is 0 Å². The Balaban J connectivity index is 1.37. The molecule has 5 N–H and O–H groups in total. The Hall–Kier alpha value is -2.16. The Bertz CT molecular complexity index is 869. The average molecular weight is 448 g/mol. The zero-order valence-corrected chi connectivity index (χ0v) is 20.9. The summed E-state index contributed by atoms with van der Waals surface area (Å²) in [7, 11) is 2.04. The largest absolute Gasteiger partial charge is 0.399 e. The third-order valence-corrected chi connectivity index (χ3v) is 8.62. The Morgan fingerprint density at radius 2 is 1.39 bits per heavy atom. The van der Waals surface area contributed by atoms with Gasteiger partial charge in [-0.15, -0.1) is 0 Å². The van der Waals surface area contributed by atoms with Crippen LogP contribution in [0.4, 0.5) is 17.1 Å². The summed E-state index contributed by atoms with van der Waals surface area (Å²) in [5.41, 5.74) is 18.6. The summed E-state index contributed by atoms with van der Waals surface area (Å²) in [4.78, 5) is 0. The number of nitrogen functional groups attached to an aromatic ring is 2. The predicted molar refractivity (Wildman–Crippen MR) is 145 cm³/mol. The first kappa shape index (κ1) is 24.0. The third-order valence-electron chi connectivity index (χ3n) is 8.62. The molecule has 4 rings (SSSR count). The van der Waals surface area contributed by atoms with Gasteiger partial charge in [-0.3, -0.25) is 0 Å². The van der Waals surface area contributed by atoms with Crippen LogP contribution in [-0.4, -0.2) is 7.05 Å². The van der Waals surface area contributed by atoms with Crippen LogP contribution in [0.2, 0.25) is 0 Å². The molecule has 0 aliphatic heterocycles. The molecule has 0 unspecified atom stereocenters. The fourth-order valence-electron chi connectivity index (χ4n) is 6.68. The molecule has 2 aliphatic rings. The van der Waals surface area contributed by atoms with Gasteiger partial charge in [0.1, 0.15) is 0 Å². The number of anilines is 3. The quantitative estimate of drug-likeness (QED) is 0.282. The molecule has 0 atom stereocenters. The molecule has 2 aromatic rings. The normalized spacial score (nSPS) is 25.6. The van der Waals surface area contributed by atoms with Gasteiger partial charge in [-0.1, -0.05) is 51.5 Å². The maximum Gasteiger partial charge on any atom is 0.0373 e. The van der Waals surface area contributed by atoms with E-state index >= 15 is 0 Å². The van der Waals surface area contributed by atoms with E-state index in [1.807, 2.05) is 25.2 Å². The molecule has 2 aromatic carbocycles. The van der Waals surface area contributed by atoms with Crippen molar-refractivity contribution in [2.45, 2.75) is 89.9 Å². The molecule has 0 bridgehead atoms. The first-order valence-corrected chi connectivity index (χ1v) is 13.6. The number of hydrogen-bond donors (Lipinski definition) is 3. The lowest BCUT2D eigenvalue weighted by molar-refractivity contribution is 0.156. The number of rotatable bonds is 8. The lowest BCUT2D eigenvalue weighted by Crippen LogP contribution is -2.25. The molecular weight excluding hydrogens is 402 g/mol. The van der Waals surface area contributed by atoms with Crippen molar-refractivity contribution in [3.63, 3.8) is 0 Å². The second-order valence-electron chi connectivity index (χ2n) is 10.8. The zero-order valence-electron chi connectivity index (χ0n) is 20.9. The third kappa shape index (κ3) is 6.05. The second kappa shape index (κ2) is 11.3. The van der Waals surface area contributed by atoms with Crippen LogP contribution in [-0.2, 0) is 0 Å². The van der Waals surface area contributed by atoms with E-state index in [0.717, 1.165) is 34.7 Å². The Labute approximate surface area is 201 Å². The minimum atomic E-state index is 0.646. The molecule has 33 heavy (non-hydrogen) atoms. The van der Waals surface area contributed by atoms with Crippen molar-refractivity contribution in [2.24, 2.45) is 17.8 Å². The first-order valence-electron chi connectivity index (χ1n) is 13.6. The summed E-state index contributed by atoms with van der Waals surface area (Å²) < 4.78 is 0. The van der Waals surface area contributed by atoms with E-state index in [0.29, 0.717) is 5.92 Å². The van der Waals surface area contributed by atoms with Gasteiger partial charge >= 0.3 is 0 Å². The molecule has 180 valence electrons. The molecule has 2 aliphatic carbocycles. The Kier molecular flexibility index (Phi) is 8.22. The van der Waals surface area contributed by atoms with Gasteiger partial charge in [0, 0.05) is 24.1 Å². The monoisotopic (exact) mass is 447 g/mol. The molecule has 0 aromatic heterocycles. The van der Waals surface area contributed by atoms with Gasteiger partial charge in [0.2, 0.25) is 0 Å². The van der Waals surface area contributed by atoms with Crippen LogP contribution in [0.15, 0.2) is 36.4 Å². The topological polar surface area (TPSA) is 64.1 Å². The number of nitrogens with two attached hydrogens (primary N) is 2. The van der Waals surface area contributed by atoms with Crippen molar-refractivity contribution in [3.05, 3.63) is 42.0 Å². The lowest BCUT2D eigenvalue weighted by Gasteiger charge is -2.38. The molecule has 0 saturated heterocycles. The number of nitrogens with one attached hydrogen (secondary N) is 1. The van der Waals surface area contributed by atoms with Crippen molar-refractivity contribution < 1.29 is 0 Å². The highest BCUT2D eigenvalue weighted by Gasteiger charge is 2.31. The maximum atomic E-state index is 6.07. The van der Waals surface area contributed by atoms with E-state index in [9.17, 15) is 0 Å². The second-order valence-corrected chi connectivity index (χ2v) is 10.8. The summed E-state index contributed by atoms with van der Waals surface area (Å²) in [6, 6.07) is 12.7. The minimum Gasteiger partial charge on any atom is -0.399 e. The van der Waals surface area contributed by atoms with Crippen LogP contribution in [0.25, 0.3) is 11.1 Å². The van der Waals surface area contributed by atoms with Crippen LogP contribution in [0.5, 0.6) is 0 Å². The zero-order chi connectivity index (χ0) is 23.2. The van der Waals surface area contributed by atoms with Crippen molar-refractivity contribution >= 4 is 17.1 Å². The highest BCUT2D eigenvalue weighted by Crippen LogP contribution is 2.46. The highest BCUT2D eigenvalue weighted by atomic mass is 14.8. The fraction of sp³-hybridized carbons (Fsp3) is 0.600. The van der Waals surface area contributed by atoms with Gasteiger partial charge in [0.15, 0.2) is 0 Å². The van der Waals surface area contributed by atoms with E-state index in [-0.39, 0.29) is 0 Å². The van der Waals surface area contributed by atoms with Crippen LogP contribution < -0.4 is 16.8 Å². The van der Waals surface area contributed by atoms with Crippen molar-refractivity contribution in [1.82, 2.24) is 0 Å². The standard InChI is InChI=1S/C30H45N3/c1-3-4-5-6-21-7-9-22(10-8-21)23-11-13-24(14-12-23)29-19-25(15-16-30(29)33-2)26-17-27(31)20-28(32)18-26/h15-24,33H,3-14,31-32H2,1-2H3. The van der Waals surface area contributed by atoms with Crippen molar-refractivity contribution in [3.8, 4) is 11.1 Å². The van der Waals surface area contributed by atoms with E-state index < -0.39 is 0 Å². The Morgan fingerprint density at radius 1 is 0.758 bits per heavy atom. The summed E-state index contributed by atoms with van der Waals surface area (Å²) >= 11 is 0. The molecule has 3 nitrogen and oxygen atoms in total. The predicted octanol–water partition coefficient (Wildman–Crippen LogP) is 8.22. The summed E-state index contributed by atoms with van der Waals surface area (Å²) in [5.74, 6) is 3.60. The number of benzene rings is 2. The smallest absolute Gasteiger partial charge is 0.0373 e. The van der Waals surface area contributed by atoms with Crippen LogP contribution >= 0.6 is 0 Å². The first-order chi connectivity index (χ1) is 16.1. The molecule has 0 radical (unpaired) electrons. The van der Waals surface area contributed by atoms with E-state index in [2.05, 4.69) is 30.4 Å². The van der Waals surface area contributed by atoms with Crippen LogP contribution in [0, 0.1) is 17.8 Å².